The molecule has 0 aromatic heterocycles. The predicted molar refractivity (Wildman–Crippen MR) is 150 cm³/mol. The summed E-state index contributed by atoms with van der Waals surface area (Å²) in [5, 5.41) is 0. The van der Waals surface area contributed by atoms with Crippen LogP contribution in [0.5, 0.6) is 28.7 Å². The zero-order valence-corrected chi connectivity index (χ0v) is 22.8. The van der Waals surface area contributed by atoms with Crippen LogP contribution >= 0.6 is 11.8 Å². The van der Waals surface area contributed by atoms with Gasteiger partial charge in [-0.25, -0.2) is 0 Å². The minimum atomic E-state index is -0.295. The van der Waals surface area contributed by atoms with Crippen LogP contribution in [-0.2, 0) is 4.79 Å². The number of carbonyl (C=O) groups excluding carboxylic acids is 2. The zero-order valence-electron chi connectivity index (χ0n) is 22.0. The number of aldehydes is 1. The van der Waals surface area contributed by atoms with Gasteiger partial charge in [0, 0.05) is 32.6 Å². The van der Waals surface area contributed by atoms with E-state index in [2.05, 4.69) is 6.58 Å². The number of aryl methyl sites for hydroxylation is 1. The normalized spacial score (nSPS) is 10.7. The van der Waals surface area contributed by atoms with Crippen molar-refractivity contribution in [2.24, 2.45) is 0 Å². The van der Waals surface area contributed by atoms with E-state index in [4.69, 9.17) is 23.7 Å². The van der Waals surface area contributed by atoms with Crippen molar-refractivity contribution >= 4 is 34.8 Å². The molecule has 0 fully saturated rings. The number of rotatable bonds is 13. The molecule has 198 valence electrons. The largest absolute Gasteiger partial charge is 0.496 e. The molecule has 0 aliphatic heterocycles. The Morgan fingerprint density at radius 2 is 1.53 bits per heavy atom. The van der Waals surface area contributed by atoms with Gasteiger partial charge >= 0.3 is 0 Å². The Kier molecular flexibility index (Phi) is 10.0. The smallest absolute Gasteiger partial charge is 0.204 e. The Balaban J connectivity index is 1.96. The number of hydrogen-bond donors (Lipinski definition) is 0. The third-order valence-corrected chi connectivity index (χ3v) is 6.78. The SMILES string of the molecule is C=C(Sc1ccccc1C)c1cc(/C=C/C(=O)c2cc(OC)c(OCC=O)c(OC)c2)c(OC)cc1OC. The summed E-state index contributed by atoms with van der Waals surface area (Å²) in [5.74, 6) is 1.64. The predicted octanol–water partition coefficient (Wildman–Crippen LogP) is 6.27. The number of methoxy groups -OCH3 is 4. The molecule has 7 nitrogen and oxygen atoms in total. The zero-order chi connectivity index (χ0) is 27.7. The summed E-state index contributed by atoms with van der Waals surface area (Å²) in [7, 11) is 6.03. The van der Waals surface area contributed by atoms with Crippen molar-refractivity contribution in [3.63, 3.8) is 0 Å². The number of ketones is 1. The molecule has 0 aliphatic carbocycles. The van der Waals surface area contributed by atoms with Crippen LogP contribution in [0.2, 0.25) is 0 Å². The standard InChI is InChI=1S/C30H30O7S/c1-19-9-7-8-10-29(19)38-20(2)23-15-21(25(33-3)18-26(23)34-4)11-12-24(32)22-16-27(35-5)30(37-14-13-31)28(17-22)36-6/h7-13,15-18H,2,14H2,1,3-6H3/b12-11+. The van der Waals surface area contributed by atoms with E-state index in [-0.39, 0.29) is 29.6 Å². The van der Waals surface area contributed by atoms with Gasteiger partial charge < -0.3 is 23.7 Å². The van der Waals surface area contributed by atoms with Crippen molar-refractivity contribution in [2.75, 3.05) is 35.0 Å². The minimum absolute atomic E-state index is 0.174. The van der Waals surface area contributed by atoms with Crippen molar-refractivity contribution in [1.82, 2.24) is 0 Å². The topological polar surface area (TPSA) is 80.3 Å². The number of ether oxygens (including phenoxy) is 5. The first-order valence-electron chi connectivity index (χ1n) is 11.6. The molecule has 0 amide bonds. The van der Waals surface area contributed by atoms with Crippen molar-refractivity contribution < 1.29 is 33.3 Å². The van der Waals surface area contributed by atoms with Gasteiger partial charge in [0.25, 0.3) is 0 Å². The second kappa shape index (κ2) is 13.4. The summed E-state index contributed by atoms with van der Waals surface area (Å²) in [6, 6.07) is 14.8. The number of hydrogen-bond acceptors (Lipinski definition) is 8. The van der Waals surface area contributed by atoms with Crippen molar-refractivity contribution in [1.29, 1.82) is 0 Å². The highest BCUT2D eigenvalue weighted by Gasteiger charge is 2.18. The second-order valence-electron chi connectivity index (χ2n) is 7.97. The highest BCUT2D eigenvalue weighted by Crippen LogP contribution is 2.42. The lowest BCUT2D eigenvalue weighted by Crippen LogP contribution is -2.04. The van der Waals surface area contributed by atoms with Gasteiger partial charge in [0.05, 0.1) is 28.4 Å². The maximum absolute atomic E-state index is 13.1. The maximum atomic E-state index is 13.1. The van der Waals surface area contributed by atoms with Crippen LogP contribution in [0.3, 0.4) is 0 Å². The molecular weight excluding hydrogens is 504 g/mol. The first-order chi connectivity index (χ1) is 18.4. The molecule has 0 spiro atoms. The van der Waals surface area contributed by atoms with Gasteiger partial charge in [-0.3, -0.25) is 9.59 Å². The third-order valence-electron chi connectivity index (χ3n) is 5.63. The van der Waals surface area contributed by atoms with Crippen LogP contribution in [0.25, 0.3) is 11.0 Å². The molecule has 8 heteroatoms. The molecule has 3 aromatic carbocycles. The van der Waals surface area contributed by atoms with Gasteiger partial charge in [-0.15, -0.1) is 0 Å². The quantitative estimate of drug-likeness (QED) is 0.110. The molecule has 0 heterocycles. The Bertz CT molecular complexity index is 1340. The summed E-state index contributed by atoms with van der Waals surface area (Å²) in [6.07, 6.45) is 3.72. The van der Waals surface area contributed by atoms with E-state index in [0.29, 0.717) is 28.9 Å². The van der Waals surface area contributed by atoms with Gasteiger partial charge in [-0.05, 0) is 48.9 Å². The van der Waals surface area contributed by atoms with Crippen molar-refractivity contribution in [2.45, 2.75) is 11.8 Å². The lowest BCUT2D eigenvalue weighted by molar-refractivity contribution is -0.109. The lowest BCUT2D eigenvalue weighted by Gasteiger charge is -2.15. The fourth-order valence-electron chi connectivity index (χ4n) is 3.67. The first kappa shape index (κ1) is 28.4. The molecule has 0 saturated heterocycles. The highest BCUT2D eigenvalue weighted by molar-refractivity contribution is 8.08. The maximum Gasteiger partial charge on any atom is 0.204 e. The van der Waals surface area contributed by atoms with E-state index < -0.39 is 0 Å². The third kappa shape index (κ3) is 6.58. The van der Waals surface area contributed by atoms with Crippen molar-refractivity contribution in [3.8, 4) is 28.7 Å². The number of benzene rings is 3. The van der Waals surface area contributed by atoms with Crippen LogP contribution in [0.1, 0.15) is 27.0 Å². The average molecular weight is 535 g/mol. The Labute approximate surface area is 227 Å². The fourth-order valence-corrected chi connectivity index (χ4v) is 4.58. The fraction of sp³-hybridized carbons (Fsp3) is 0.200. The van der Waals surface area contributed by atoms with E-state index in [1.54, 1.807) is 38.1 Å². The van der Waals surface area contributed by atoms with E-state index in [1.807, 2.05) is 37.3 Å². The molecule has 0 saturated carbocycles. The summed E-state index contributed by atoms with van der Waals surface area (Å²) in [4.78, 5) is 25.7. The molecule has 0 unspecified atom stereocenters. The first-order valence-corrected chi connectivity index (χ1v) is 12.4. The Hall–Kier alpha value is -4.17. The number of carbonyl (C=O) groups is 2. The minimum Gasteiger partial charge on any atom is -0.496 e. The van der Waals surface area contributed by atoms with Gasteiger partial charge in [0.1, 0.15) is 18.1 Å². The molecule has 3 aromatic rings. The monoisotopic (exact) mass is 534 g/mol. The second-order valence-corrected chi connectivity index (χ2v) is 9.11. The van der Waals surface area contributed by atoms with Gasteiger partial charge in [0.15, 0.2) is 23.6 Å². The van der Waals surface area contributed by atoms with E-state index in [9.17, 15) is 9.59 Å². The summed E-state index contributed by atoms with van der Waals surface area (Å²) in [5.41, 5.74) is 2.92. The summed E-state index contributed by atoms with van der Waals surface area (Å²) in [6.45, 7) is 6.14. The van der Waals surface area contributed by atoms with E-state index >= 15 is 0 Å². The van der Waals surface area contributed by atoms with Crippen LogP contribution in [0.4, 0.5) is 0 Å². The number of thioether (sulfide) groups is 1. The summed E-state index contributed by atoms with van der Waals surface area (Å²) < 4.78 is 27.3. The molecule has 0 N–H and O–H groups in total. The molecule has 0 bridgehead atoms. The van der Waals surface area contributed by atoms with Crippen LogP contribution in [0, 0.1) is 6.92 Å². The molecular formula is C30H30O7S. The molecule has 0 aliphatic rings. The lowest BCUT2D eigenvalue weighted by atomic mass is 10.0. The molecule has 3 rings (SSSR count). The Morgan fingerprint density at radius 3 is 2.11 bits per heavy atom. The van der Waals surface area contributed by atoms with Crippen LogP contribution < -0.4 is 23.7 Å². The molecule has 38 heavy (non-hydrogen) atoms. The highest BCUT2D eigenvalue weighted by atomic mass is 32.2. The van der Waals surface area contributed by atoms with E-state index in [0.717, 1.165) is 20.9 Å². The number of allylic oxidation sites excluding steroid dienone is 1. The molecule has 0 radical (unpaired) electrons. The van der Waals surface area contributed by atoms with Gasteiger partial charge in [0.2, 0.25) is 5.75 Å². The van der Waals surface area contributed by atoms with Gasteiger partial charge in [-0.2, -0.15) is 0 Å². The van der Waals surface area contributed by atoms with Gasteiger partial charge in [-0.1, -0.05) is 36.5 Å². The van der Waals surface area contributed by atoms with E-state index in [1.165, 1.54) is 32.4 Å². The van der Waals surface area contributed by atoms with Crippen LogP contribution in [0.15, 0.2) is 66.1 Å². The van der Waals surface area contributed by atoms with Crippen LogP contribution in [-0.4, -0.2) is 47.1 Å². The van der Waals surface area contributed by atoms with Crippen molar-refractivity contribution in [3.05, 3.63) is 83.4 Å². The summed E-state index contributed by atoms with van der Waals surface area (Å²) >= 11 is 1.54. The Morgan fingerprint density at radius 1 is 0.895 bits per heavy atom. The average Bonchev–Trinajstić information content (AvgIpc) is 2.94. The molecule has 0 atom stereocenters.